The molecule has 6 nitrogen and oxygen atoms in total. The molecule has 0 unspecified atom stereocenters. The summed E-state index contributed by atoms with van der Waals surface area (Å²) < 4.78 is 1.52. The van der Waals surface area contributed by atoms with Gasteiger partial charge in [0.2, 0.25) is 11.1 Å². The van der Waals surface area contributed by atoms with Gasteiger partial charge in [-0.25, -0.2) is 4.68 Å². The molecule has 0 fully saturated rings. The normalized spacial score (nSPS) is 12.2. The first-order valence-corrected chi connectivity index (χ1v) is 6.77. The van der Waals surface area contributed by atoms with Crippen molar-refractivity contribution in [1.29, 1.82) is 0 Å². The molecule has 0 radical (unpaired) electrons. The first-order chi connectivity index (χ1) is 9.06. The monoisotopic (exact) mass is 297 g/mol. The van der Waals surface area contributed by atoms with E-state index in [9.17, 15) is 4.79 Å². The number of benzene rings is 1. The molecule has 0 aliphatic rings. The zero-order valence-corrected chi connectivity index (χ0v) is 11.9. The summed E-state index contributed by atoms with van der Waals surface area (Å²) in [6, 6.07) is 6.95. The van der Waals surface area contributed by atoms with Crippen LogP contribution in [0.15, 0.2) is 29.4 Å². The van der Waals surface area contributed by atoms with Crippen molar-refractivity contribution in [3.63, 3.8) is 0 Å². The largest absolute Gasteiger partial charge is 0.325 e. The third-order valence-electron chi connectivity index (χ3n) is 2.34. The summed E-state index contributed by atoms with van der Waals surface area (Å²) >= 11 is 7.08. The van der Waals surface area contributed by atoms with Gasteiger partial charge >= 0.3 is 0 Å². The molecule has 8 heteroatoms. The van der Waals surface area contributed by atoms with Crippen LogP contribution in [0.4, 0.5) is 5.69 Å². The van der Waals surface area contributed by atoms with Gasteiger partial charge in [-0.15, -0.1) is 5.10 Å². The van der Waals surface area contributed by atoms with Gasteiger partial charge < -0.3 is 5.32 Å². The van der Waals surface area contributed by atoms with Gasteiger partial charge in [-0.05, 0) is 41.6 Å². The standard InChI is InChI=1S/C11H12ClN5OS/c1-7(19-11-14-15-16-17(11)2)10(18)13-9-5-3-8(12)4-6-9/h3-7H,1-2H3,(H,13,18)/t7-/m0/s1. The van der Waals surface area contributed by atoms with E-state index in [0.717, 1.165) is 0 Å². The van der Waals surface area contributed by atoms with Crippen molar-refractivity contribution < 1.29 is 4.79 Å². The maximum Gasteiger partial charge on any atom is 0.237 e. The summed E-state index contributed by atoms with van der Waals surface area (Å²) in [5.41, 5.74) is 0.706. The van der Waals surface area contributed by atoms with Crippen LogP contribution in [0.25, 0.3) is 0 Å². The number of aromatic nitrogens is 4. The Balaban J connectivity index is 1.96. The van der Waals surface area contributed by atoms with Gasteiger partial charge in [0.25, 0.3) is 0 Å². The van der Waals surface area contributed by atoms with Gasteiger partial charge in [0, 0.05) is 17.8 Å². The third-order valence-corrected chi connectivity index (χ3v) is 3.72. The predicted octanol–water partition coefficient (Wildman–Crippen LogP) is 1.98. The number of tetrazole rings is 1. The van der Waals surface area contributed by atoms with E-state index in [0.29, 0.717) is 15.9 Å². The third kappa shape index (κ3) is 3.68. The number of hydrogen-bond donors (Lipinski definition) is 1. The van der Waals surface area contributed by atoms with E-state index in [1.807, 2.05) is 0 Å². The molecule has 100 valence electrons. The highest BCUT2D eigenvalue weighted by Crippen LogP contribution is 2.21. The molecule has 2 aromatic rings. The molecular weight excluding hydrogens is 286 g/mol. The van der Waals surface area contributed by atoms with E-state index in [1.165, 1.54) is 16.4 Å². The lowest BCUT2D eigenvalue weighted by Gasteiger charge is -2.10. The molecule has 1 atom stereocenters. The Morgan fingerprint density at radius 2 is 2.11 bits per heavy atom. The van der Waals surface area contributed by atoms with Gasteiger partial charge in [0.15, 0.2) is 0 Å². The zero-order valence-electron chi connectivity index (χ0n) is 10.4. The molecule has 19 heavy (non-hydrogen) atoms. The number of carbonyl (C=O) groups is 1. The van der Waals surface area contributed by atoms with Crippen molar-refractivity contribution in [3.8, 4) is 0 Å². The zero-order chi connectivity index (χ0) is 13.8. The number of hydrogen-bond acceptors (Lipinski definition) is 5. The molecule has 0 saturated heterocycles. The summed E-state index contributed by atoms with van der Waals surface area (Å²) in [6.07, 6.45) is 0. The summed E-state index contributed by atoms with van der Waals surface area (Å²) in [6.45, 7) is 1.80. The molecule has 0 aliphatic carbocycles. The number of anilines is 1. The number of amides is 1. The number of carbonyl (C=O) groups excluding carboxylic acids is 1. The van der Waals surface area contributed by atoms with Gasteiger partial charge in [0.1, 0.15) is 0 Å². The predicted molar refractivity (Wildman–Crippen MR) is 74.2 cm³/mol. The van der Waals surface area contributed by atoms with Gasteiger partial charge in [-0.3, -0.25) is 4.79 Å². The number of nitrogens with one attached hydrogen (secondary N) is 1. The van der Waals surface area contributed by atoms with E-state index in [2.05, 4.69) is 20.8 Å². The number of halogens is 1. The topological polar surface area (TPSA) is 72.7 Å². The first kappa shape index (κ1) is 13.8. The lowest BCUT2D eigenvalue weighted by Crippen LogP contribution is -2.22. The van der Waals surface area contributed by atoms with E-state index < -0.39 is 0 Å². The minimum absolute atomic E-state index is 0.115. The fourth-order valence-electron chi connectivity index (χ4n) is 1.31. The highest BCUT2D eigenvalue weighted by atomic mass is 35.5. The van der Waals surface area contributed by atoms with Crippen LogP contribution < -0.4 is 5.32 Å². The molecule has 1 N–H and O–H groups in total. The molecule has 0 aliphatic heterocycles. The van der Waals surface area contributed by atoms with Crippen LogP contribution in [0.2, 0.25) is 5.02 Å². The second kappa shape index (κ2) is 6.03. The number of thioether (sulfide) groups is 1. The van der Waals surface area contributed by atoms with Crippen molar-refractivity contribution in [2.24, 2.45) is 7.05 Å². The van der Waals surface area contributed by atoms with Crippen LogP contribution >= 0.6 is 23.4 Å². The minimum Gasteiger partial charge on any atom is -0.325 e. The Morgan fingerprint density at radius 1 is 1.42 bits per heavy atom. The van der Waals surface area contributed by atoms with E-state index >= 15 is 0 Å². The Hall–Kier alpha value is -1.60. The Kier molecular flexibility index (Phi) is 4.39. The molecule has 1 aromatic heterocycles. The van der Waals surface area contributed by atoms with Gasteiger partial charge in [-0.2, -0.15) is 0 Å². The molecule has 1 heterocycles. The fourth-order valence-corrected chi connectivity index (χ4v) is 2.19. The van der Waals surface area contributed by atoms with Crippen LogP contribution in [0.1, 0.15) is 6.92 Å². The number of nitrogens with zero attached hydrogens (tertiary/aromatic N) is 4. The minimum atomic E-state index is -0.305. The molecular formula is C11H12ClN5OS. The van der Waals surface area contributed by atoms with Gasteiger partial charge in [-0.1, -0.05) is 23.4 Å². The molecule has 2 rings (SSSR count). The van der Waals surface area contributed by atoms with Crippen molar-refractivity contribution >= 4 is 35.0 Å². The quantitative estimate of drug-likeness (QED) is 0.874. The lowest BCUT2D eigenvalue weighted by atomic mass is 10.3. The van der Waals surface area contributed by atoms with Crippen LogP contribution in [-0.4, -0.2) is 31.4 Å². The smallest absolute Gasteiger partial charge is 0.237 e. The lowest BCUT2D eigenvalue weighted by molar-refractivity contribution is -0.115. The summed E-state index contributed by atoms with van der Waals surface area (Å²) in [7, 11) is 1.73. The fraction of sp³-hybridized carbons (Fsp3) is 0.273. The van der Waals surface area contributed by atoms with Crippen molar-refractivity contribution in [3.05, 3.63) is 29.3 Å². The van der Waals surface area contributed by atoms with E-state index in [-0.39, 0.29) is 11.2 Å². The van der Waals surface area contributed by atoms with Crippen LogP contribution in [-0.2, 0) is 11.8 Å². The highest BCUT2D eigenvalue weighted by molar-refractivity contribution is 8.00. The molecule has 0 bridgehead atoms. The maximum absolute atomic E-state index is 12.0. The Labute approximate surface area is 119 Å². The van der Waals surface area contributed by atoms with E-state index in [4.69, 9.17) is 11.6 Å². The summed E-state index contributed by atoms with van der Waals surface area (Å²) in [5, 5.41) is 14.8. The summed E-state index contributed by atoms with van der Waals surface area (Å²) in [5.74, 6) is -0.115. The van der Waals surface area contributed by atoms with Crippen LogP contribution in [0.3, 0.4) is 0 Å². The summed E-state index contributed by atoms with van der Waals surface area (Å²) in [4.78, 5) is 12.0. The number of rotatable bonds is 4. The molecule has 0 spiro atoms. The Morgan fingerprint density at radius 3 is 2.68 bits per heavy atom. The van der Waals surface area contributed by atoms with Crippen molar-refractivity contribution in [2.45, 2.75) is 17.3 Å². The van der Waals surface area contributed by atoms with Crippen molar-refractivity contribution in [1.82, 2.24) is 20.2 Å². The second-order valence-corrected chi connectivity index (χ2v) is 5.59. The van der Waals surface area contributed by atoms with Crippen LogP contribution in [0.5, 0.6) is 0 Å². The number of aryl methyl sites for hydroxylation is 1. The average Bonchev–Trinajstić information content (AvgIpc) is 2.78. The molecule has 0 saturated carbocycles. The van der Waals surface area contributed by atoms with Crippen LogP contribution in [0, 0.1) is 0 Å². The molecule has 1 amide bonds. The van der Waals surface area contributed by atoms with E-state index in [1.54, 1.807) is 38.2 Å². The van der Waals surface area contributed by atoms with Crippen molar-refractivity contribution in [2.75, 3.05) is 5.32 Å². The average molecular weight is 298 g/mol. The first-order valence-electron chi connectivity index (χ1n) is 5.51. The maximum atomic E-state index is 12.0. The highest BCUT2D eigenvalue weighted by Gasteiger charge is 2.17. The second-order valence-electron chi connectivity index (χ2n) is 3.84. The molecule has 1 aromatic carbocycles. The SMILES string of the molecule is C[C@H](Sc1nnnn1C)C(=O)Nc1ccc(Cl)cc1. The van der Waals surface area contributed by atoms with Gasteiger partial charge in [0.05, 0.1) is 5.25 Å². The Bertz CT molecular complexity index is 571.